The molecule has 0 radical (unpaired) electrons. The first-order valence-electron chi connectivity index (χ1n) is 36.1. The van der Waals surface area contributed by atoms with Gasteiger partial charge in [-0.3, -0.25) is 9.59 Å². The molecule has 0 amide bonds. The molecule has 476 valence electrons. The number of hydrogen-bond acceptors (Lipinski definition) is 5. The minimum Gasteiger partial charge on any atom is -0.462 e. The van der Waals surface area contributed by atoms with Crippen LogP contribution in [0.15, 0.2) is 85.1 Å². The van der Waals surface area contributed by atoms with E-state index in [9.17, 15) is 14.7 Å². The van der Waals surface area contributed by atoms with Crippen molar-refractivity contribution in [3.63, 3.8) is 0 Å². The summed E-state index contributed by atoms with van der Waals surface area (Å²) in [5, 5.41) is 9.70. The van der Waals surface area contributed by atoms with Crippen molar-refractivity contribution in [2.45, 2.75) is 380 Å². The molecule has 0 spiro atoms. The van der Waals surface area contributed by atoms with Crippen molar-refractivity contribution in [2.24, 2.45) is 0 Å². The summed E-state index contributed by atoms with van der Waals surface area (Å²) >= 11 is 0. The fourth-order valence-electron chi connectivity index (χ4n) is 10.8. The highest BCUT2D eigenvalue weighted by Gasteiger charge is 2.16. The third-order valence-corrected chi connectivity index (χ3v) is 16.2. The van der Waals surface area contributed by atoms with E-state index in [-0.39, 0.29) is 25.2 Å². The van der Waals surface area contributed by atoms with E-state index in [0.29, 0.717) is 12.8 Å². The topological polar surface area (TPSA) is 72.8 Å². The van der Waals surface area contributed by atoms with E-state index < -0.39 is 6.10 Å². The maximum absolute atomic E-state index is 12.4. The molecule has 0 aliphatic rings. The smallest absolute Gasteiger partial charge is 0.306 e. The number of aliphatic hydroxyl groups is 1. The molecule has 0 saturated carbocycles. The Hall–Kier alpha value is -2.92. The Morgan fingerprint density at radius 1 is 0.293 bits per heavy atom. The van der Waals surface area contributed by atoms with E-state index in [1.165, 1.54) is 263 Å². The summed E-state index contributed by atoms with van der Waals surface area (Å²) in [5.41, 5.74) is 0. The fourth-order valence-corrected chi connectivity index (χ4v) is 10.8. The highest BCUT2D eigenvalue weighted by atomic mass is 16.6. The van der Waals surface area contributed by atoms with Crippen molar-refractivity contribution in [3.05, 3.63) is 85.1 Å². The molecular weight excluding hydrogens is 1000 g/mol. The average Bonchev–Trinajstić information content (AvgIpc) is 3.49. The van der Waals surface area contributed by atoms with Gasteiger partial charge in [-0.1, -0.05) is 356 Å². The SMILES string of the molecule is CC/C=C\C/C=C\C/C=C\C/C=C\C/C=C\C/C=C\CCCCCCCCCCC(=O)OC(CO)COC(=O)CCCCCCCCCCCCCCCCCCCCCCCCCCCCCCC/C=C\CCCCCCCCCC. The molecular formula is C77H138O5. The highest BCUT2D eigenvalue weighted by Crippen LogP contribution is 2.19. The second kappa shape index (κ2) is 72.3. The van der Waals surface area contributed by atoms with Crippen LogP contribution < -0.4 is 0 Å². The summed E-state index contributed by atoms with van der Waals surface area (Å²) in [5.74, 6) is -0.588. The van der Waals surface area contributed by atoms with Crippen molar-refractivity contribution >= 4 is 11.9 Å². The van der Waals surface area contributed by atoms with Gasteiger partial charge in [0.1, 0.15) is 6.61 Å². The van der Waals surface area contributed by atoms with Crippen molar-refractivity contribution in [1.29, 1.82) is 0 Å². The molecule has 0 aliphatic carbocycles. The van der Waals surface area contributed by atoms with Crippen LogP contribution >= 0.6 is 0 Å². The second-order valence-corrected chi connectivity index (χ2v) is 24.3. The van der Waals surface area contributed by atoms with E-state index in [1.807, 2.05) is 0 Å². The summed E-state index contributed by atoms with van der Waals surface area (Å²) < 4.78 is 10.8. The molecule has 1 N–H and O–H groups in total. The van der Waals surface area contributed by atoms with Gasteiger partial charge in [-0.25, -0.2) is 0 Å². The number of rotatable bonds is 67. The van der Waals surface area contributed by atoms with Crippen LogP contribution in [0, 0.1) is 0 Å². The summed E-state index contributed by atoms with van der Waals surface area (Å²) in [4.78, 5) is 24.6. The molecule has 0 aromatic rings. The second-order valence-electron chi connectivity index (χ2n) is 24.3. The summed E-state index contributed by atoms with van der Waals surface area (Å²) in [6.07, 6.45) is 102. The summed E-state index contributed by atoms with van der Waals surface area (Å²) in [6, 6.07) is 0. The highest BCUT2D eigenvalue weighted by molar-refractivity contribution is 5.70. The molecule has 0 aromatic carbocycles. The van der Waals surface area contributed by atoms with Crippen LogP contribution in [0.4, 0.5) is 0 Å². The largest absolute Gasteiger partial charge is 0.462 e. The molecule has 1 atom stereocenters. The third-order valence-electron chi connectivity index (χ3n) is 16.2. The zero-order valence-electron chi connectivity index (χ0n) is 54.8. The number of carbonyl (C=O) groups excluding carboxylic acids is 2. The molecule has 0 saturated heterocycles. The van der Waals surface area contributed by atoms with Crippen molar-refractivity contribution in [3.8, 4) is 0 Å². The molecule has 0 fully saturated rings. The predicted octanol–water partition coefficient (Wildman–Crippen LogP) is 25.2. The molecule has 82 heavy (non-hydrogen) atoms. The number of aliphatic hydroxyl groups excluding tert-OH is 1. The summed E-state index contributed by atoms with van der Waals surface area (Å²) in [7, 11) is 0. The number of carbonyl (C=O) groups is 2. The van der Waals surface area contributed by atoms with Crippen LogP contribution in [0.5, 0.6) is 0 Å². The van der Waals surface area contributed by atoms with Gasteiger partial charge in [0, 0.05) is 12.8 Å². The Balaban J connectivity index is 3.41. The number of unbranched alkanes of at least 4 members (excludes halogenated alkanes) is 45. The van der Waals surface area contributed by atoms with E-state index in [4.69, 9.17) is 9.47 Å². The van der Waals surface area contributed by atoms with Gasteiger partial charge < -0.3 is 14.6 Å². The maximum Gasteiger partial charge on any atom is 0.306 e. The van der Waals surface area contributed by atoms with Crippen LogP contribution in [0.25, 0.3) is 0 Å². The lowest BCUT2D eigenvalue weighted by molar-refractivity contribution is -0.161. The molecule has 0 aromatic heterocycles. The minimum atomic E-state index is -0.781. The predicted molar refractivity (Wildman–Crippen MR) is 362 cm³/mol. The molecule has 1 unspecified atom stereocenters. The average molecular weight is 1140 g/mol. The molecule has 0 heterocycles. The normalized spacial score (nSPS) is 12.7. The van der Waals surface area contributed by atoms with Crippen LogP contribution in [0.2, 0.25) is 0 Å². The molecule has 5 heteroatoms. The Labute approximate surface area is 511 Å². The van der Waals surface area contributed by atoms with Gasteiger partial charge in [0.2, 0.25) is 0 Å². The first kappa shape index (κ1) is 79.1. The zero-order valence-corrected chi connectivity index (χ0v) is 54.8. The van der Waals surface area contributed by atoms with Gasteiger partial charge in [-0.15, -0.1) is 0 Å². The lowest BCUT2D eigenvalue weighted by atomic mass is 10.0. The molecule has 0 aliphatic heterocycles. The van der Waals surface area contributed by atoms with Gasteiger partial charge in [0.15, 0.2) is 6.10 Å². The van der Waals surface area contributed by atoms with Gasteiger partial charge in [-0.2, -0.15) is 0 Å². The third kappa shape index (κ3) is 69.6. The van der Waals surface area contributed by atoms with Crippen LogP contribution in [-0.2, 0) is 19.1 Å². The van der Waals surface area contributed by atoms with E-state index in [2.05, 4.69) is 98.9 Å². The number of esters is 2. The molecule has 5 nitrogen and oxygen atoms in total. The maximum atomic E-state index is 12.4. The number of hydrogen-bond donors (Lipinski definition) is 1. The van der Waals surface area contributed by atoms with Crippen molar-refractivity contribution < 1.29 is 24.2 Å². The summed E-state index contributed by atoms with van der Waals surface area (Å²) in [6.45, 7) is 4.06. The van der Waals surface area contributed by atoms with E-state index in [0.717, 1.165) is 83.5 Å². The number of allylic oxidation sites excluding steroid dienone is 14. The Kier molecular flexibility index (Phi) is 69.8. The van der Waals surface area contributed by atoms with Crippen molar-refractivity contribution in [1.82, 2.24) is 0 Å². The molecule has 0 rings (SSSR count). The Morgan fingerprint density at radius 2 is 0.524 bits per heavy atom. The van der Waals surface area contributed by atoms with Gasteiger partial charge in [0.25, 0.3) is 0 Å². The Morgan fingerprint density at radius 3 is 0.805 bits per heavy atom. The standard InChI is InChI=1S/C77H138O5/c1-3-5-7-9-11-13-15-17-19-21-23-25-27-29-31-32-33-34-35-36-37-38-39-40-41-42-43-44-46-47-49-51-53-55-57-59-61-63-65-67-69-71-76(79)81-74-75(73-78)82-77(80)72-70-68-66-64-62-60-58-56-54-52-50-48-45-30-28-26-24-22-20-18-16-14-12-10-8-6-4-2/h6,8,12,14,18,20-21,23-24,26,30,45,50,52,75,78H,3-5,7,9-11,13,15-17,19,22,25,27-29,31-44,46-49,51,53-74H2,1-2H3/b8-6-,14-12-,20-18-,23-21-,26-24-,45-30-,52-50-. The van der Waals surface area contributed by atoms with Crippen molar-refractivity contribution in [2.75, 3.05) is 13.2 Å². The van der Waals surface area contributed by atoms with Crippen LogP contribution in [0.3, 0.4) is 0 Å². The Bertz CT molecular complexity index is 1480. The van der Waals surface area contributed by atoms with Crippen LogP contribution in [0.1, 0.15) is 373 Å². The monoisotopic (exact) mass is 1140 g/mol. The molecule has 0 bridgehead atoms. The van der Waals surface area contributed by atoms with Gasteiger partial charge in [0.05, 0.1) is 6.61 Å². The van der Waals surface area contributed by atoms with Gasteiger partial charge >= 0.3 is 11.9 Å². The lowest BCUT2D eigenvalue weighted by Crippen LogP contribution is -2.28. The fraction of sp³-hybridized carbons (Fsp3) is 0.792. The van der Waals surface area contributed by atoms with E-state index >= 15 is 0 Å². The zero-order chi connectivity index (χ0) is 59.1. The van der Waals surface area contributed by atoms with E-state index in [1.54, 1.807) is 0 Å². The first-order valence-corrected chi connectivity index (χ1v) is 36.1. The lowest BCUT2D eigenvalue weighted by Gasteiger charge is -2.15. The quantitative estimate of drug-likeness (QED) is 0.0373. The van der Waals surface area contributed by atoms with Gasteiger partial charge in [-0.05, 0) is 89.9 Å². The van der Waals surface area contributed by atoms with Crippen LogP contribution in [-0.4, -0.2) is 36.4 Å². The minimum absolute atomic E-state index is 0.0693. The number of ether oxygens (including phenoxy) is 2. The first-order chi connectivity index (χ1) is 40.6.